The molecule has 108 valence electrons. The molecular formula is C16H15N6+. The zero-order valence-electron chi connectivity index (χ0n) is 12.1. The molecule has 0 aliphatic heterocycles. The van der Waals surface area contributed by atoms with Crippen molar-refractivity contribution in [3.8, 4) is 11.8 Å². The van der Waals surface area contributed by atoms with Crippen molar-refractivity contribution in [2.75, 3.05) is 5.32 Å². The van der Waals surface area contributed by atoms with Crippen molar-refractivity contribution in [1.82, 2.24) is 14.8 Å². The highest BCUT2D eigenvalue weighted by atomic mass is 15.3. The Bertz CT molecular complexity index is 786. The van der Waals surface area contributed by atoms with Crippen LogP contribution in [0.1, 0.15) is 24.1 Å². The minimum absolute atomic E-state index is 0.0653. The van der Waals surface area contributed by atoms with Crippen molar-refractivity contribution >= 4 is 5.82 Å². The molecule has 0 radical (unpaired) electrons. The number of aromatic amines is 1. The lowest BCUT2D eigenvalue weighted by Crippen LogP contribution is -2.17. The third kappa shape index (κ3) is 2.79. The topological polar surface area (TPSA) is 80.7 Å². The van der Waals surface area contributed by atoms with Crippen LogP contribution in [0.25, 0.3) is 5.69 Å². The van der Waals surface area contributed by atoms with Gasteiger partial charge in [-0.1, -0.05) is 12.1 Å². The summed E-state index contributed by atoms with van der Waals surface area (Å²) in [4.78, 5) is 7.00. The fourth-order valence-corrected chi connectivity index (χ4v) is 2.21. The Morgan fingerprint density at radius 1 is 1.27 bits per heavy atom. The van der Waals surface area contributed by atoms with Crippen molar-refractivity contribution in [2.45, 2.75) is 13.0 Å². The van der Waals surface area contributed by atoms with Gasteiger partial charge >= 0.3 is 0 Å². The van der Waals surface area contributed by atoms with Gasteiger partial charge in [0.1, 0.15) is 30.3 Å². The van der Waals surface area contributed by atoms with Gasteiger partial charge in [0.25, 0.3) is 5.82 Å². The standard InChI is InChI=1S/C16H14N6/c1-12(21-16-14(9-17)3-2-8-19-16)13-4-6-15(7-5-13)22-11-18-10-20-22/h2-8,10-12H,1H3,(H,19,21)/p+1/t12-/m1/s1. The second-order valence-electron chi connectivity index (χ2n) is 4.87. The van der Waals surface area contributed by atoms with Gasteiger partial charge in [-0.05, 0) is 36.8 Å². The molecule has 0 unspecified atom stereocenters. The number of hydrogen-bond donors (Lipinski definition) is 1. The van der Waals surface area contributed by atoms with E-state index in [1.807, 2.05) is 31.2 Å². The minimum atomic E-state index is 0.0653. The van der Waals surface area contributed by atoms with Crippen LogP contribution < -0.4 is 10.3 Å². The molecule has 2 N–H and O–H groups in total. The highest BCUT2D eigenvalue weighted by Gasteiger charge is 2.15. The number of rotatable bonds is 4. The van der Waals surface area contributed by atoms with Crippen molar-refractivity contribution in [2.24, 2.45) is 0 Å². The van der Waals surface area contributed by atoms with Crippen molar-refractivity contribution in [3.63, 3.8) is 0 Å². The third-order valence-electron chi connectivity index (χ3n) is 3.41. The number of anilines is 1. The average molecular weight is 291 g/mol. The fraction of sp³-hybridized carbons (Fsp3) is 0.125. The molecule has 1 aromatic carbocycles. The summed E-state index contributed by atoms with van der Waals surface area (Å²) in [6.07, 6.45) is 4.96. The Morgan fingerprint density at radius 3 is 2.77 bits per heavy atom. The number of H-pyrrole nitrogens is 1. The molecule has 0 bridgehead atoms. The molecule has 2 aromatic heterocycles. The predicted molar refractivity (Wildman–Crippen MR) is 81.1 cm³/mol. The summed E-state index contributed by atoms with van der Waals surface area (Å²) >= 11 is 0. The first-order valence-corrected chi connectivity index (χ1v) is 6.90. The van der Waals surface area contributed by atoms with Gasteiger partial charge in [-0.3, -0.25) is 5.32 Å². The average Bonchev–Trinajstić information content (AvgIpc) is 3.10. The first kappa shape index (κ1) is 13.8. The lowest BCUT2D eigenvalue weighted by atomic mass is 10.1. The highest BCUT2D eigenvalue weighted by Crippen LogP contribution is 2.19. The van der Waals surface area contributed by atoms with Crippen molar-refractivity contribution in [3.05, 3.63) is 66.4 Å². The van der Waals surface area contributed by atoms with Crippen LogP contribution in [0.2, 0.25) is 0 Å². The number of hydrogen-bond acceptors (Lipinski definition) is 4. The SMILES string of the molecule is C[C@@H](Nc1[nH+]cccc1C#N)c1ccc(-n2cncn2)cc1. The molecule has 0 fully saturated rings. The number of nitrogens with zero attached hydrogens (tertiary/aromatic N) is 4. The van der Waals surface area contributed by atoms with Gasteiger partial charge in [0, 0.05) is 0 Å². The normalized spacial score (nSPS) is 11.6. The summed E-state index contributed by atoms with van der Waals surface area (Å²) < 4.78 is 1.71. The summed E-state index contributed by atoms with van der Waals surface area (Å²) in [5, 5.41) is 16.5. The summed E-state index contributed by atoms with van der Waals surface area (Å²) in [5.41, 5.74) is 2.66. The maximum absolute atomic E-state index is 9.12. The largest absolute Gasteiger partial charge is 0.290 e. The van der Waals surface area contributed by atoms with Crippen LogP contribution in [0.5, 0.6) is 0 Å². The molecule has 3 rings (SSSR count). The van der Waals surface area contributed by atoms with E-state index in [0.717, 1.165) is 17.1 Å². The predicted octanol–water partition coefficient (Wildman–Crippen LogP) is 2.13. The van der Waals surface area contributed by atoms with Crippen LogP contribution in [0.15, 0.2) is 55.2 Å². The number of nitrogens with one attached hydrogen (secondary N) is 2. The molecule has 22 heavy (non-hydrogen) atoms. The van der Waals surface area contributed by atoms with Crippen LogP contribution in [0, 0.1) is 11.3 Å². The molecule has 0 amide bonds. The zero-order valence-corrected chi connectivity index (χ0v) is 12.1. The molecular weight excluding hydrogens is 276 g/mol. The van der Waals surface area contributed by atoms with Gasteiger partial charge in [0.05, 0.1) is 11.9 Å². The number of nitriles is 1. The highest BCUT2D eigenvalue weighted by molar-refractivity contribution is 5.49. The van der Waals surface area contributed by atoms with Gasteiger partial charge in [-0.2, -0.15) is 10.4 Å². The van der Waals surface area contributed by atoms with E-state index in [2.05, 4.69) is 26.5 Å². The van der Waals surface area contributed by atoms with E-state index < -0.39 is 0 Å². The first-order valence-electron chi connectivity index (χ1n) is 6.90. The molecule has 2 heterocycles. The second kappa shape index (κ2) is 6.06. The summed E-state index contributed by atoms with van der Waals surface area (Å²) in [7, 11) is 0. The quantitative estimate of drug-likeness (QED) is 0.798. The lowest BCUT2D eigenvalue weighted by Gasteiger charge is -2.10. The van der Waals surface area contributed by atoms with E-state index in [0.29, 0.717) is 5.56 Å². The minimum Gasteiger partial charge on any atom is -0.267 e. The monoisotopic (exact) mass is 291 g/mol. The summed E-state index contributed by atoms with van der Waals surface area (Å²) in [5.74, 6) is 0.720. The molecule has 1 atom stereocenters. The molecule has 0 aliphatic carbocycles. The Hall–Kier alpha value is -3.20. The number of benzene rings is 1. The zero-order chi connectivity index (χ0) is 15.4. The maximum Gasteiger partial charge on any atom is 0.290 e. The number of aromatic nitrogens is 4. The third-order valence-corrected chi connectivity index (χ3v) is 3.41. The van der Waals surface area contributed by atoms with Gasteiger partial charge < -0.3 is 0 Å². The molecule has 0 saturated heterocycles. The van der Waals surface area contributed by atoms with Crippen LogP contribution in [0.3, 0.4) is 0 Å². The Labute approximate surface area is 128 Å². The first-order chi connectivity index (χ1) is 10.8. The van der Waals surface area contributed by atoms with E-state index >= 15 is 0 Å². The van der Waals surface area contributed by atoms with E-state index in [1.165, 1.54) is 6.33 Å². The summed E-state index contributed by atoms with van der Waals surface area (Å²) in [6, 6.07) is 13.9. The van der Waals surface area contributed by atoms with Crippen LogP contribution in [-0.4, -0.2) is 14.8 Å². The maximum atomic E-state index is 9.12. The summed E-state index contributed by atoms with van der Waals surface area (Å²) in [6.45, 7) is 2.05. The van der Waals surface area contributed by atoms with Crippen molar-refractivity contribution in [1.29, 1.82) is 5.26 Å². The van der Waals surface area contributed by atoms with Crippen LogP contribution in [0.4, 0.5) is 5.82 Å². The molecule has 0 saturated carbocycles. The Morgan fingerprint density at radius 2 is 2.09 bits per heavy atom. The molecule has 6 heteroatoms. The van der Waals surface area contributed by atoms with E-state index in [-0.39, 0.29) is 6.04 Å². The smallest absolute Gasteiger partial charge is 0.267 e. The van der Waals surface area contributed by atoms with Gasteiger partial charge in [0.15, 0.2) is 0 Å². The van der Waals surface area contributed by atoms with E-state index in [9.17, 15) is 0 Å². The molecule has 6 nitrogen and oxygen atoms in total. The Balaban J connectivity index is 1.78. The van der Waals surface area contributed by atoms with Gasteiger partial charge in [0.2, 0.25) is 0 Å². The molecule has 0 spiro atoms. The Kier molecular flexibility index (Phi) is 3.79. The molecule has 3 aromatic rings. The van der Waals surface area contributed by atoms with E-state index in [1.54, 1.807) is 29.3 Å². The van der Waals surface area contributed by atoms with Gasteiger partial charge in [-0.25, -0.2) is 14.6 Å². The van der Waals surface area contributed by atoms with Crippen LogP contribution in [-0.2, 0) is 0 Å². The van der Waals surface area contributed by atoms with Crippen LogP contribution >= 0.6 is 0 Å². The van der Waals surface area contributed by atoms with Crippen molar-refractivity contribution < 1.29 is 4.98 Å². The van der Waals surface area contributed by atoms with Gasteiger partial charge in [-0.15, -0.1) is 0 Å². The lowest BCUT2D eigenvalue weighted by molar-refractivity contribution is -0.361. The number of pyridine rings is 1. The fourth-order valence-electron chi connectivity index (χ4n) is 2.21. The second-order valence-corrected chi connectivity index (χ2v) is 4.87. The van der Waals surface area contributed by atoms with E-state index in [4.69, 9.17) is 5.26 Å². The molecule has 0 aliphatic rings.